The number of sulfone groups is 1. The first-order valence-electron chi connectivity index (χ1n) is 8.82. The lowest BCUT2D eigenvalue weighted by Gasteiger charge is -2.23. The van der Waals surface area contributed by atoms with Gasteiger partial charge >= 0.3 is 0 Å². The highest BCUT2D eigenvalue weighted by molar-refractivity contribution is 7.91. The Bertz CT molecular complexity index is 1040. The predicted molar refractivity (Wildman–Crippen MR) is 106 cm³/mol. The summed E-state index contributed by atoms with van der Waals surface area (Å²) in [4.78, 5) is 6.60. The molecule has 4 rings (SSSR count). The number of rotatable bonds is 4. The first kappa shape index (κ1) is 17.6. The van der Waals surface area contributed by atoms with Crippen LogP contribution in [0.3, 0.4) is 0 Å². The van der Waals surface area contributed by atoms with Gasteiger partial charge in [-0.1, -0.05) is 60.7 Å². The molecule has 1 aromatic heterocycles. The van der Waals surface area contributed by atoms with Crippen molar-refractivity contribution in [3.05, 3.63) is 60.7 Å². The molecule has 138 valence electrons. The van der Waals surface area contributed by atoms with Gasteiger partial charge in [0, 0.05) is 24.2 Å². The lowest BCUT2D eigenvalue weighted by Crippen LogP contribution is -2.34. The maximum atomic E-state index is 11.8. The molecule has 2 aromatic carbocycles. The SMILES string of the molecule is CN(c1nnc(-c2ccccc2)c(-c2ccccc2)n1)[C@H]1CCS(=O)(=O)C1. The fourth-order valence-electron chi connectivity index (χ4n) is 3.30. The second-order valence-corrected chi connectivity index (χ2v) is 8.94. The van der Waals surface area contributed by atoms with E-state index in [1.807, 2.05) is 72.6 Å². The molecule has 1 saturated heterocycles. The Morgan fingerprint density at radius 2 is 1.48 bits per heavy atom. The Hall–Kier alpha value is -2.80. The van der Waals surface area contributed by atoms with Crippen molar-refractivity contribution in [1.29, 1.82) is 0 Å². The van der Waals surface area contributed by atoms with Gasteiger partial charge in [-0.05, 0) is 6.42 Å². The molecule has 0 unspecified atom stereocenters. The second-order valence-electron chi connectivity index (χ2n) is 6.71. The van der Waals surface area contributed by atoms with Gasteiger partial charge in [-0.25, -0.2) is 13.4 Å². The highest BCUT2D eigenvalue weighted by atomic mass is 32.2. The number of aromatic nitrogens is 3. The summed E-state index contributed by atoms with van der Waals surface area (Å²) in [5.41, 5.74) is 3.33. The van der Waals surface area contributed by atoms with Crippen molar-refractivity contribution >= 4 is 15.8 Å². The van der Waals surface area contributed by atoms with E-state index in [0.29, 0.717) is 18.1 Å². The zero-order valence-electron chi connectivity index (χ0n) is 15.0. The Morgan fingerprint density at radius 3 is 2.04 bits per heavy atom. The maximum Gasteiger partial charge on any atom is 0.245 e. The average Bonchev–Trinajstić information content (AvgIpc) is 3.08. The first-order chi connectivity index (χ1) is 13.0. The molecule has 2 heterocycles. The largest absolute Gasteiger partial charge is 0.339 e. The number of nitrogens with zero attached hydrogens (tertiary/aromatic N) is 4. The lowest BCUT2D eigenvalue weighted by atomic mass is 10.0. The van der Waals surface area contributed by atoms with E-state index >= 15 is 0 Å². The third kappa shape index (κ3) is 3.68. The summed E-state index contributed by atoms with van der Waals surface area (Å²) in [7, 11) is -1.15. The number of hydrogen-bond acceptors (Lipinski definition) is 6. The molecule has 7 heteroatoms. The third-order valence-electron chi connectivity index (χ3n) is 4.84. The minimum Gasteiger partial charge on any atom is -0.339 e. The highest BCUT2D eigenvalue weighted by Gasteiger charge is 2.32. The quantitative estimate of drug-likeness (QED) is 0.693. The highest BCUT2D eigenvalue weighted by Crippen LogP contribution is 2.30. The molecule has 0 radical (unpaired) electrons. The van der Waals surface area contributed by atoms with Crippen LogP contribution in [0.1, 0.15) is 6.42 Å². The molecule has 0 N–H and O–H groups in total. The molecule has 1 fully saturated rings. The van der Waals surface area contributed by atoms with Gasteiger partial charge in [0.15, 0.2) is 9.84 Å². The van der Waals surface area contributed by atoms with Crippen LogP contribution < -0.4 is 4.90 Å². The van der Waals surface area contributed by atoms with Crippen LogP contribution in [0, 0.1) is 0 Å². The molecule has 6 nitrogen and oxygen atoms in total. The summed E-state index contributed by atoms with van der Waals surface area (Å²) in [6.45, 7) is 0. The minimum atomic E-state index is -2.98. The van der Waals surface area contributed by atoms with Crippen LogP contribution in [0.2, 0.25) is 0 Å². The molecule has 0 aliphatic carbocycles. The number of anilines is 1. The molecular weight excluding hydrogens is 360 g/mol. The molecular formula is C20H20N4O2S. The average molecular weight is 380 g/mol. The van der Waals surface area contributed by atoms with Gasteiger partial charge in [-0.3, -0.25) is 0 Å². The van der Waals surface area contributed by atoms with Crippen LogP contribution in [-0.2, 0) is 9.84 Å². The Kier molecular flexibility index (Phi) is 4.61. The summed E-state index contributed by atoms with van der Waals surface area (Å²) in [5, 5.41) is 8.75. The molecule has 0 spiro atoms. The van der Waals surface area contributed by atoms with Crippen LogP contribution in [0.25, 0.3) is 22.5 Å². The number of benzene rings is 2. The summed E-state index contributed by atoms with van der Waals surface area (Å²) in [5.74, 6) is 0.785. The standard InChI is InChI=1S/C20H20N4O2S/c1-24(17-12-13-27(25,26)14-17)20-21-18(15-8-4-2-5-9-15)19(22-23-20)16-10-6-3-7-11-16/h2-11,17H,12-14H2,1H3/t17-/m0/s1. The van der Waals surface area contributed by atoms with E-state index in [4.69, 9.17) is 4.98 Å². The lowest BCUT2D eigenvalue weighted by molar-refractivity contribution is 0.600. The molecule has 3 aromatic rings. The first-order valence-corrected chi connectivity index (χ1v) is 10.6. The Labute approximate surface area is 158 Å². The van der Waals surface area contributed by atoms with Crippen LogP contribution in [-0.4, -0.2) is 48.2 Å². The summed E-state index contributed by atoms with van der Waals surface area (Å²) >= 11 is 0. The molecule has 0 amide bonds. The topological polar surface area (TPSA) is 76.1 Å². The monoisotopic (exact) mass is 380 g/mol. The van der Waals surface area contributed by atoms with E-state index in [1.54, 1.807) is 0 Å². The normalized spacial score (nSPS) is 18.3. The van der Waals surface area contributed by atoms with Gasteiger partial charge in [0.05, 0.1) is 11.5 Å². The van der Waals surface area contributed by atoms with E-state index in [1.165, 1.54) is 0 Å². The molecule has 1 aliphatic heterocycles. The van der Waals surface area contributed by atoms with Gasteiger partial charge in [0.1, 0.15) is 11.4 Å². The van der Waals surface area contributed by atoms with Crippen molar-refractivity contribution in [2.45, 2.75) is 12.5 Å². The third-order valence-corrected chi connectivity index (χ3v) is 6.59. The van der Waals surface area contributed by atoms with Crippen molar-refractivity contribution in [2.75, 3.05) is 23.5 Å². The van der Waals surface area contributed by atoms with E-state index in [-0.39, 0.29) is 17.5 Å². The molecule has 0 saturated carbocycles. The van der Waals surface area contributed by atoms with E-state index in [0.717, 1.165) is 16.8 Å². The van der Waals surface area contributed by atoms with Crippen LogP contribution in [0.4, 0.5) is 5.95 Å². The predicted octanol–water partition coefficient (Wildman–Crippen LogP) is 2.83. The van der Waals surface area contributed by atoms with Crippen molar-refractivity contribution in [1.82, 2.24) is 15.2 Å². The van der Waals surface area contributed by atoms with Crippen molar-refractivity contribution < 1.29 is 8.42 Å². The van der Waals surface area contributed by atoms with Gasteiger partial charge in [0.2, 0.25) is 5.95 Å². The molecule has 0 bridgehead atoms. The summed E-state index contributed by atoms with van der Waals surface area (Å²) in [6.07, 6.45) is 0.587. The van der Waals surface area contributed by atoms with E-state index < -0.39 is 9.84 Å². The van der Waals surface area contributed by atoms with Crippen LogP contribution in [0.15, 0.2) is 60.7 Å². The summed E-state index contributed by atoms with van der Waals surface area (Å²) < 4.78 is 23.6. The smallest absolute Gasteiger partial charge is 0.245 e. The zero-order chi connectivity index (χ0) is 18.9. The maximum absolute atomic E-state index is 11.8. The molecule has 1 atom stereocenters. The molecule has 1 aliphatic rings. The van der Waals surface area contributed by atoms with Gasteiger partial charge in [0.25, 0.3) is 0 Å². The van der Waals surface area contributed by atoms with Gasteiger partial charge in [-0.15, -0.1) is 10.2 Å². The number of hydrogen-bond donors (Lipinski definition) is 0. The van der Waals surface area contributed by atoms with E-state index in [2.05, 4.69) is 10.2 Å². The van der Waals surface area contributed by atoms with Crippen LogP contribution >= 0.6 is 0 Å². The fraction of sp³-hybridized carbons (Fsp3) is 0.250. The van der Waals surface area contributed by atoms with Crippen molar-refractivity contribution in [3.63, 3.8) is 0 Å². The van der Waals surface area contributed by atoms with Crippen molar-refractivity contribution in [2.24, 2.45) is 0 Å². The van der Waals surface area contributed by atoms with E-state index in [9.17, 15) is 8.42 Å². The second kappa shape index (κ2) is 7.08. The summed E-state index contributed by atoms with van der Waals surface area (Å²) in [6, 6.07) is 19.5. The van der Waals surface area contributed by atoms with Gasteiger partial charge < -0.3 is 4.90 Å². The van der Waals surface area contributed by atoms with Gasteiger partial charge in [-0.2, -0.15) is 0 Å². The van der Waals surface area contributed by atoms with Crippen LogP contribution in [0.5, 0.6) is 0 Å². The Morgan fingerprint density at radius 1 is 0.889 bits per heavy atom. The zero-order valence-corrected chi connectivity index (χ0v) is 15.8. The fourth-order valence-corrected chi connectivity index (χ4v) is 5.07. The minimum absolute atomic E-state index is 0.122. The molecule has 27 heavy (non-hydrogen) atoms. The van der Waals surface area contributed by atoms with Crippen molar-refractivity contribution in [3.8, 4) is 22.5 Å². The Balaban J connectivity index is 1.77.